The van der Waals surface area contributed by atoms with Crippen LogP contribution in [0.1, 0.15) is 0 Å². The second-order valence-corrected chi connectivity index (χ2v) is 10.9. The van der Waals surface area contributed by atoms with Crippen LogP contribution in [0.2, 0.25) is 0 Å². The minimum atomic E-state index is 0.000393. The maximum absolute atomic E-state index is 6.85. The highest BCUT2D eigenvalue weighted by molar-refractivity contribution is 6.94. The van der Waals surface area contributed by atoms with Gasteiger partial charge in [0.05, 0.1) is 11.0 Å². The summed E-state index contributed by atoms with van der Waals surface area (Å²) in [5.41, 5.74) is 13.1. The fourth-order valence-corrected chi connectivity index (χ4v) is 7.50. The number of hydrogen-bond donors (Lipinski definition) is 0. The highest BCUT2D eigenvalue weighted by atomic mass is 16.3. The summed E-state index contributed by atoms with van der Waals surface area (Å²) in [6.07, 6.45) is 0. The number of benzene rings is 6. The molecule has 4 heteroatoms. The van der Waals surface area contributed by atoms with Crippen LogP contribution in [0.3, 0.4) is 0 Å². The standard InChI is InChI=1S/C36H21BN2O/c1-2-12-22(13-3-1)39-28-19-9-5-15-24(28)33-34-35-31(32-25-16-6-11-21-30(25)40-36(32)33)23-14-4-8-18-27(23)38(35)29-20-10-7-17-26(29)37(34)39/h1-21H. The molecule has 40 heavy (non-hydrogen) atoms. The lowest BCUT2D eigenvalue weighted by atomic mass is 9.44. The number of para-hydroxylation sites is 5. The molecule has 3 nitrogen and oxygen atoms in total. The van der Waals surface area contributed by atoms with Crippen molar-refractivity contribution < 1.29 is 4.42 Å². The van der Waals surface area contributed by atoms with Gasteiger partial charge >= 0.3 is 6.85 Å². The SMILES string of the molecule is c1ccc(N2B3c4ccccc4-n4c5ccccc5c5c6c(oc7ccccc76)c(c3c54)-c3ccccc32)cc1. The van der Waals surface area contributed by atoms with Crippen LogP contribution in [0.15, 0.2) is 132 Å². The Bertz CT molecular complexity index is 2350. The molecule has 2 aromatic heterocycles. The molecule has 0 aliphatic carbocycles. The Labute approximate surface area is 230 Å². The third kappa shape index (κ3) is 2.35. The lowest BCUT2D eigenvalue weighted by Gasteiger charge is -2.41. The fourth-order valence-electron chi connectivity index (χ4n) is 7.50. The van der Waals surface area contributed by atoms with Gasteiger partial charge in [-0.1, -0.05) is 91.0 Å². The summed E-state index contributed by atoms with van der Waals surface area (Å²) < 4.78 is 9.36. The zero-order chi connectivity index (χ0) is 25.9. The zero-order valence-electron chi connectivity index (χ0n) is 21.5. The average molecular weight is 508 g/mol. The lowest BCUT2D eigenvalue weighted by molar-refractivity contribution is 0.670. The van der Waals surface area contributed by atoms with Crippen molar-refractivity contribution in [1.82, 2.24) is 4.57 Å². The van der Waals surface area contributed by atoms with E-state index in [0.29, 0.717) is 0 Å². The molecule has 0 amide bonds. The quantitative estimate of drug-likeness (QED) is 0.210. The molecular formula is C36H21BN2O. The second kappa shape index (κ2) is 7.25. The van der Waals surface area contributed by atoms with Crippen molar-refractivity contribution in [3.05, 3.63) is 127 Å². The van der Waals surface area contributed by atoms with Crippen LogP contribution < -0.4 is 15.7 Å². The highest BCUT2D eigenvalue weighted by Crippen LogP contribution is 2.50. The normalized spacial score (nSPS) is 13.4. The summed E-state index contributed by atoms with van der Waals surface area (Å²) in [6.45, 7) is 0.000393. The third-order valence-corrected chi connectivity index (χ3v) is 8.94. The lowest BCUT2D eigenvalue weighted by Crippen LogP contribution is -2.60. The summed E-state index contributed by atoms with van der Waals surface area (Å²) in [5.74, 6) is 0. The molecule has 0 saturated heterocycles. The largest absolute Gasteiger partial charge is 0.455 e. The molecule has 0 atom stereocenters. The first-order valence-electron chi connectivity index (χ1n) is 13.8. The third-order valence-electron chi connectivity index (χ3n) is 8.94. The Balaban J connectivity index is 1.54. The van der Waals surface area contributed by atoms with E-state index in [2.05, 4.69) is 137 Å². The van der Waals surface area contributed by atoms with E-state index in [-0.39, 0.29) is 6.85 Å². The first-order valence-corrected chi connectivity index (χ1v) is 13.8. The number of rotatable bonds is 1. The number of anilines is 2. The molecule has 6 aromatic carbocycles. The van der Waals surface area contributed by atoms with Crippen molar-refractivity contribution in [2.24, 2.45) is 0 Å². The number of hydrogen-bond acceptors (Lipinski definition) is 2. The van der Waals surface area contributed by atoms with E-state index < -0.39 is 0 Å². The molecule has 184 valence electrons. The van der Waals surface area contributed by atoms with Gasteiger partial charge in [-0.15, -0.1) is 0 Å². The molecule has 0 fully saturated rings. The van der Waals surface area contributed by atoms with Crippen LogP contribution in [0, 0.1) is 0 Å². The van der Waals surface area contributed by atoms with Gasteiger partial charge in [0.15, 0.2) is 0 Å². The van der Waals surface area contributed by atoms with Crippen molar-refractivity contribution in [1.29, 1.82) is 0 Å². The van der Waals surface area contributed by atoms with Crippen molar-refractivity contribution in [2.75, 3.05) is 4.81 Å². The molecule has 2 aliphatic heterocycles. The maximum atomic E-state index is 6.85. The van der Waals surface area contributed by atoms with E-state index in [1.165, 1.54) is 71.7 Å². The van der Waals surface area contributed by atoms with E-state index in [1.807, 2.05) is 0 Å². The van der Waals surface area contributed by atoms with Gasteiger partial charge in [-0.3, -0.25) is 0 Å². The van der Waals surface area contributed by atoms with Crippen molar-refractivity contribution in [2.45, 2.75) is 0 Å². The molecule has 0 bridgehead atoms. The van der Waals surface area contributed by atoms with E-state index >= 15 is 0 Å². The Morgan fingerprint density at radius 2 is 1.27 bits per heavy atom. The summed E-state index contributed by atoms with van der Waals surface area (Å²) in [4.78, 5) is 2.53. The summed E-state index contributed by atoms with van der Waals surface area (Å²) in [7, 11) is 0. The number of furan rings is 1. The molecule has 0 saturated carbocycles. The summed E-state index contributed by atoms with van der Waals surface area (Å²) in [6, 6.07) is 45.9. The Morgan fingerprint density at radius 3 is 2.17 bits per heavy atom. The number of fused-ring (bicyclic) bond motifs is 13. The smallest absolute Gasteiger partial charge is 0.333 e. The molecule has 4 heterocycles. The van der Waals surface area contributed by atoms with Gasteiger partial charge in [0, 0.05) is 49.7 Å². The van der Waals surface area contributed by atoms with Gasteiger partial charge in [0.1, 0.15) is 11.2 Å². The van der Waals surface area contributed by atoms with E-state index in [9.17, 15) is 0 Å². The average Bonchev–Trinajstić information content (AvgIpc) is 3.57. The maximum Gasteiger partial charge on any atom is 0.333 e. The van der Waals surface area contributed by atoms with Crippen LogP contribution in [0.5, 0.6) is 0 Å². The van der Waals surface area contributed by atoms with Crippen molar-refractivity contribution in [3.8, 4) is 16.8 Å². The number of nitrogens with zero attached hydrogens (tertiary/aromatic N) is 2. The van der Waals surface area contributed by atoms with Crippen molar-refractivity contribution in [3.63, 3.8) is 0 Å². The predicted molar refractivity (Wildman–Crippen MR) is 167 cm³/mol. The molecule has 10 rings (SSSR count). The minimum absolute atomic E-state index is 0.000393. The van der Waals surface area contributed by atoms with Gasteiger partial charge in [-0.25, -0.2) is 0 Å². The van der Waals surface area contributed by atoms with Gasteiger partial charge in [0.2, 0.25) is 0 Å². The Hall–Kier alpha value is -5.22. The summed E-state index contributed by atoms with van der Waals surface area (Å²) in [5, 5.41) is 4.92. The van der Waals surface area contributed by atoms with Crippen LogP contribution >= 0.6 is 0 Å². The number of aromatic nitrogens is 1. The fraction of sp³-hybridized carbons (Fsp3) is 0. The van der Waals surface area contributed by atoms with Crippen molar-refractivity contribution >= 4 is 72.9 Å². The molecule has 8 aromatic rings. The van der Waals surface area contributed by atoms with E-state index in [4.69, 9.17) is 4.42 Å². The monoisotopic (exact) mass is 508 g/mol. The van der Waals surface area contributed by atoms with Gasteiger partial charge in [0.25, 0.3) is 0 Å². The van der Waals surface area contributed by atoms with Gasteiger partial charge in [-0.2, -0.15) is 0 Å². The Kier molecular flexibility index (Phi) is 3.75. The molecular weight excluding hydrogens is 487 g/mol. The molecule has 0 radical (unpaired) electrons. The zero-order valence-corrected chi connectivity index (χ0v) is 21.5. The minimum Gasteiger partial charge on any atom is -0.455 e. The topological polar surface area (TPSA) is 21.3 Å². The van der Waals surface area contributed by atoms with E-state index in [0.717, 1.165) is 11.2 Å². The first kappa shape index (κ1) is 20.7. The van der Waals surface area contributed by atoms with E-state index in [1.54, 1.807) is 0 Å². The van der Waals surface area contributed by atoms with Crippen LogP contribution in [0.4, 0.5) is 11.4 Å². The molecule has 2 aliphatic rings. The first-order chi connectivity index (χ1) is 19.9. The van der Waals surface area contributed by atoms with Crippen LogP contribution in [-0.4, -0.2) is 11.4 Å². The Morgan fingerprint density at radius 1 is 0.575 bits per heavy atom. The molecule has 0 spiro atoms. The second-order valence-electron chi connectivity index (χ2n) is 10.9. The molecule has 0 N–H and O–H groups in total. The van der Waals surface area contributed by atoms with Gasteiger partial charge < -0.3 is 13.8 Å². The van der Waals surface area contributed by atoms with Crippen LogP contribution in [-0.2, 0) is 0 Å². The molecule has 0 unspecified atom stereocenters. The predicted octanol–water partition coefficient (Wildman–Crippen LogP) is 7.92. The van der Waals surface area contributed by atoms with Gasteiger partial charge in [-0.05, 0) is 47.3 Å². The summed E-state index contributed by atoms with van der Waals surface area (Å²) >= 11 is 0. The highest BCUT2D eigenvalue weighted by Gasteiger charge is 2.45. The van der Waals surface area contributed by atoms with Crippen LogP contribution in [0.25, 0.3) is 60.6 Å².